The lowest BCUT2D eigenvalue weighted by atomic mass is 10.1. The van der Waals surface area contributed by atoms with Crippen LogP contribution in [0.5, 0.6) is 0 Å². The Labute approximate surface area is 147 Å². The molecule has 0 unspecified atom stereocenters. The number of benzene rings is 1. The number of nitro groups is 1. The quantitative estimate of drug-likeness (QED) is 0.531. The average Bonchev–Trinajstić information content (AvgIpc) is 2.86. The van der Waals surface area contributed by atoms with E-state index in [1.807, 2.05) is 6.92 Å². The van der Waals surface area contributed by atoms with Crippen molar-refractivity contribution in [1.29, 1.82) is 0 Å². The third-order valence-electron chi connectivity index (χ3n) is 4.41. The lowest BCUT2D eigenvalue weighted by Gasteiger charge is -2.25. The molecule has 0 saturated carbocycles. The first kappa shape index (κ1) is 18.7. The smallest absolute Gasteiger partial charge is 0.275 e. The van der Waals surface area contributed by atoms with E-state index in [1.54, 1.807) is 23.1 Å². The van der Waals surface area contributed by atoms with Gasteiger partial charge in [0.2, 0.25) is 5.91 Å². The molecule has 0 N–H and O–H groups in total. The average molecular weight is 351 g/mol. The minimum absolute atomic E-state index is 0.0719. The van der Waals surface area contributed by atoms with Gasteiger partial charge in [-0.2, -0.15) is 0 Å². The zero-order valence-corrected chi connectivity index (χ0v) is 15.3. The van der Waals surface area contributed by atoms with E-state index >= 15 is 0 Å². The van der Waals surface area contributed by atoms with E-state index in [2.05, 4.69) is 18.7 Å². The first-order valence-electron chi connectivity index (χ1n) is 8.41. The first-order chi connectivity index (χ1) is 11.5. The molecule has 2 rings (SSSR count). The first-order valence-corrected chi connectivity index (χ1v) is 9.35. The van der Waals surface area contributed by atoms with Gasteiger partial charge in [0.1, 0.15) is 5.37 Å². The molecule has 2 atom stereocenters. The van der Waals surface area contributed by atoms with Gasteiger partial charge in [0.15, 0.2) is 0 Å². The molecule has 1 fully saturated rings. The summed E-state index contributed by atoms with van der Waals surface area (Å²) in [6, 6.07) is 6.73. The van der Waals surface area contributed by atoms with Gasteiger partial charge < -0.3 is 9.80 Å². The Morgan fingerprint density at radius 2 is 1.96 bits per heavy atom. The molecule has 0 aliphatic carbocycles. The molecule has 0 radical (unpaired) electrons. The summed E-state index contributed by atoms with van der Waals surface area (Å²) in [6.07, 6.45) is 0.873. The number of thioether (sulfide) groups is 1. The van der Waals surface area contributed by atoms with Crippen molar-refractivity contribution in [3.8, 4) is 0 Å². The molecule has 132 valence electrons. The minimum atomic E-state index is -0.364. The molecule has 1 heterocycles. The number of hydrogen-bond donors (Lipinski definition) is 0. The van der Waals surface area contributed by atoms with Crippen molar-refractivity contribution in [2.45, 2.75) is 37.8 Å². The molecule has 0 bridgehead atoms. The Morgan fingerprint density at radius 1 is 1.29 bits per heavy atom. The highest BCUT2D eigenvalue weighted by Gasteiger charge is 2.40. The number of carbonyl (C=O) groups is 1. The van der Waals surface area contributed by atoms with Gasteiger partial charge in [-0.1, -0.05) is 26.0 Å². The van der Waals surface area contributed by atoms with Gasteiger partial charge in [-0.25, -0.2) is 0 Å². The Kier molecular flexibility index (Phi) is 6.62. The summed E-state index contributed by atoms with van der Waals surface area (Å²) in [5.41, 5.74) is 0.707. The van der Waals surface area contributed by atoms with Gasteiger partial charge >= 0.3 is 0 Å². The number of para-hydroxylation sites is 1. The number of carbonyl (C=O) groups excluding carboxylic acids is 1. The Hall–Kier alpha value is -1.60. The zero-order chi connectivity index (χ0) is 17.7. The topological polar surface area (TPSA) is 66.7 Å². The number of rotatable bonds is 8. The van der Waals surface area contributed by atoms with Gasteiger partial charge in [0.25, 0.3) is 5.69 Å². The fourth-order valence-electron chi connectivity index (χ4n) is 3.01. The second kappa shape index (κ2) is 8.48. The van der Waals surface area contributed by atoms with Gasteiger partial charge in [0, 0.05) is 12.6 Å². The molecule has 0 aromatic heterocycles. The summed E-state index contributed by atoms with van der Waals surface area (Å²) in [7, 11) is 0. The van der Waals surface area contributed by atoms with Crippen LogP contribution in [0, 0.1) is 10.1 Å². The van der Waals surface area contributed by atoms with Crippen LogP contribution in [0.1, 0.15) is 38.1 Å². The lowest BCUT2D eigenvalue weighted by Crippen LogP contribution is -2.34. The number of hydrogen-bond acceptors (Lipinski definition) is 5. The normalized spacial score (nSPS) is 20.8. The summed E-state index contributed by atoms with van der Waals surface area (Å²) in [5.74, 6) is 0.0719. The van der Waals surface area contributed by atoms with Crippen LogP contribution in [0.25, 0.3) is 0 Å². The van der Waals surface area contributed by atoms with Crippen LogP contribution < -0.4 is 0 Å². The van der Waals surface area contributed by atoms with E-state index < -0.39 is 0 Å². The second-order valence-corrected chi connectivity index (χ2v) is 7.28. The van der Waals surface area contributed by atoms with Crippen LogP contribution >= 0.6 is 11.8 Å². The number of nitrogens with zero attached hydrogens (tertiary/aromatic N) is 3. The molecule has 1 saturated heterocycles. The third-order valence-corrected chi connectivity index (χ3v) is 5.79. The van der Waals surface area contributed by atoms with Crippen molar-refractivity contribution < 1.29 is 9.72 Å². The molecule has 1 aliphatic rings. The molecule has 1 aromatic carbocycles. The van der Waals surface area contributed by atoms with E-state index in [-0.39, 0.29) is 27.1 Å². The van der Waals surface area contributed by atoms with E-state index in [4.69, 9.17) is 0 Å². The Bertz CT molecular complexity index is 592. The van der Waals surface area contributed by atoms with Crippen LogP contribution in [-0.2, 0) is 4.79 Å². The predicted molar refractivity (Wildman–Crippen MR) is 97.0 cm³/mol. The van der Waals surface area contributed by atoms with Crippen molar-refractivity contribution in [2.75, 3.05) is 26.2 Å². The fourth-order valence-corrected chi connectivity index (χ4v) is 4.35. The third kappa shape index (κ3) is 4.08. The standard InChI is InChI=1S/C17H25N3O3S/c1-4-18(5-2)11-8-12-19-16(21)13(3)24-17(19)14-9-6-7-10-15(14)20(22)23/h6-7,9-10,13,17H,4-5,8,11-12H2,1-3H3/t13-,17+/m0/s1. The van der Waals surface area contributed by atoms with E-state index in [0.717, 1.165) is 26.1 Å². The molecule has 7 heteroatoms. The number of amides is 1. The monoisotopic (exact) mass is 351 g/mol. The maximum Gasteiger partial charge on any atom is 0.275 e. The largest absolute Gasteiger partial charge is 0.325 e. The van der Waals surface area contributed by atoms with Gasteiger partial charge in [-0.05, 0) is 39.0 Å². The summed E-state index contributed by atoms with van der Waals surface area (Å²) in [6.45, 7) is 9.66. The van der Waals surface area contributed by atoms with Crippen molar-refractivity contribution in [3.05, 3.63) is 39.9 Å². The van der Waals surface area contributed by atoms with E-state index in [0.29, 0.717) is 12.1 Å². The molecule has 1 aromatic rings. The van der Waals surface area contributed by atoms with Gasteiger partial charge in [0.05, 0.1) is 15.7 Å². The van der Waals surface area contributed by atoms with Crippen molar-refractivity contribution >= 4 is 23.4 Å². The van der Waals surface area contributed by atoms with Gasteiger partial charge in [-0.3, -0.25) is 14.9 Å². The van der Waals surface area contributed by atoms with Gasteiger partial charge in [-0.15, -0.1) is 11.8 Å². The van der Waals surface area contributed by atoms with E-state index in [9.17, 15) is 14.9 Å². The maximum atomic E-state index is 12.5. The van der Waals surface area contributed by atoms with Crippen LogP contribution in [-0.4, -0.2) is 52.1 Å². The Balaban J connectivity index is 2.16. The van der Waals surface area contributed by atoms with Crippen molar-refractivity contribution in [2.24, 2.45) is 0 Å². The predicted octanol–water partition coefficient (Wildman–Crippen LogP) is 3.29. The highest BCUT2D eigenvalue weighted by Crippen LogP contribution is 2.45. The summed E-state index contributed by atoms with van der Waals surface area (Å²) in [5, 5.41) is 10.9. The summed E-state index contributed by atoms with van der Waals surface area (Å²) >= 11 is 1.50. The van der Waals surface area contributed by atoms with Crippen molar-refractivity contribution in [3.63, 3.8) is 0 Å². The minimum Gasteiger partial charge on any atom is -0.325 e. The van der Waals surface area contributed by atoms with Crippen LogP contribution in [0.2, 0.25) is 0 Å². The molecule has 24 heavy (non-hydrogen) atoms. The zero-order valence-electron chi connectivity index (χ0n) is 14.5. The molecular formula is C17H25N3O3S. The van der Waals surface area contributed by atoms with Crippen LogP contribution in [0.3, 0.4) is 0 Å². The van der Waals surface area contributed by atoms with Crippen LogP contribution in [0.4, 0.5) is 5.69 Å². The molecule has 0 spiro atoms. The highest BCUT2D eigenvalue weighted by molar-refractivity contribution is 8.01. The SMILES string of the molecule is CCN(CC)CCCN1C(=O)[C@H](C)S[C@@H]1c1ccccc1[N+](=O)[O-]. The van der Waals surface area contributed by atoms with E-state index in [1.165, 1.54) is 17.8 Å². The molecular weight excluding hydrogens is 326 g/mol. The molecule has 1 amide bonds. The lowest BCUT2D eigenvalue weighted by molar-refractivity contribution is -0.385. The Morgan fingerprint density at radius 3 is 2.58 bits per heavy atom. The fraction of sp³-hybridized carbons (Fsp3) is 0.588. The summed E-state index contributed by atoms with van der Waals surface area (Å²) < 4.78 is 0. The molecule has 1 aliphatic heterocycles. The molecule has 6 nitrogen and oxygen atoms in total. The second-order valence-electron chi connectivity index (χ2n) is 5.86. The summed E-state index contributed by atoms with van der Waals surface area (Å²) in [4.78, 5) is 27.6. The van der Waals surface area contributed by atoms with Crippen molar-refractivity contribution in [1.82, 2.24) is 9.80 Å². The highest BCUT2D eigenvalue weighted by atomic mass is 32.2. The number of nitro benzene ring substituents is 1. The maximum absolute atomic E-state index is 12.5. The van der Waals surface area contributed by atoms with Crippen LogP contribution in [0.15, 0.2) is 24.3 Å².